The number of rotatable bonds is 3. The van der Waals surface area contributed by atoms with Crippen LogP contribution in [0.5, 0.6) is 0 Å². The molecule has 0 fully saturated rings. The van der Waals surface area contributed by atoms with Gasteiger partial charge in [-0.1, -0.05) is 18.2 Å². The maximum atomic E-state index is 13.9. The number of carbonyl (C=O) groups excluding carboxylic acids is 1. The van der Waals surface area contributed by atoms with Crippen LogP contribution in [0.1, 0.15) is 5.56 Å². The van der Waals surface area contributed by atoms with Gasteiger partial charge in [0, 0.05) is 5.69 Å². The highest BCUT2D eigenvalue weighted by molar-refractivity contribution is 6.03. The van der Waals surface area contributed by atoms with E-state index in [1.807, 2.05) is 0 Å². The fourth-order valence-corrected chi connectivity index (χ4v) is 3.18. The summed E-state index contributed by atoms with van der Waals surface area (Å²) in [6, 6.07) is 9.86. The van der Waals surface area contributed by atoms with E-state index in [-0.39, 0.29) is 17.0 Å². The van der Waals surface area contributed by atoms with Crippen molar-refractivity contribution in [2.75, 3.05) is 16.4 Å². The van der Waals surface area contributed by atoms with E-state index in [9.17, 15) is 26.7 Å². The zero-order valence-electron chi connectivity index (χ0n) is 16.0. The number of nitrogens with one attached hydrogen (secondary N) is 3. The number of nitrogens with zero attached hydrogens (tertiary/aromatic N) is 1. The van der Waals surface area contributed by atoms with Crippen molar-refractivity contribution in [3.05, 3.63) is 71.8 Å². The molecule has 3 aromatic carbocycles. The van der Waals surface area contributed by atoms with Gasteiger partial charge in [-0.05, 0) is 47.5 Å². The first-order valence-corrected chi connectivity index (χ1v) is 9.11. The number of aromatic amines is 1. The van der Waals surface area contributed by atoms with Crippen molar-refractivity contribution in [1.82, 2.24) is 10.2 Å². The third-order valence-electron chi connectivity index (χ3n) is 4.69. The van der Waals surface area contributed by atoms with Gasteiger partial charge in [0.25, 0.3) is 0 Å². The van der Waals surface area contributed by atoms with E-state index in [2.05, 4.69) is 20.8 Å². The van der Waals surface area contributed by atoms with Crippen LogP contribution in [0.4, 0.5) is 43.9 Å². The van der Waals surface area contributed by atoms with Crippen molar-refractivity contribution in [3.8, 4) is 11.1 Å². The summed E-state index contributed by atoms with van der Waals surface area (Å²) in [6.07, 6.45) is -4.68. The minimum Gasteiger partial charge on any atom is -0.382 e. The Bertz CT molecular complexity index is 1310. The summed E-state index contributed by atoms with van der Waals surface area (Å²) >= 11 is 0. The van der Waals surface area contributed by atoms with Gasteiger partial charge in [-0.15, -0.1) is 0 Å². The molecule has 0 radical (unpaired) electrons. The van der Waals surface area contributed by atoms with Gasteiger partial charge in [0.1, 0.15) is 17.2 Å². The van der Waals surface area contributed by atoms with Gasteiger partial charge in [0.15, 0.2) is 5.82 Å². The number of anilines is 3. The largest absolute Gasteiger partial charge is 0.416 e. The minimum absolute atomic E-state index is 0.124. The second kappa shape index (κ2) is 7.84. The molecule has 0 saturated carbocycles. The Hall–Kier alpha value is -4.15. The number of amides is 2. The Balaban J connectivity index is 1.52. The summed E-state index contributed by atoms with van der Waals surface area (Å²) in [6.45, 7) is 0. The first-order chi connectivity index (χ1) is 15.1. The molecule has 1 aromatic heterocycles. The van der Waals surface area contributed by atoms with Crippen molar-refractivity contribution in [2.24, 2.45) is 0 Å². The van der Waals surface area contributed by atoms with Crippen LogP contribution in [-0.4, -0.2) is 16.2 Å². The second-order valence-corrected chi connectivity index (χ2v) is 6.80. The first kappa shape index (κ1) is 21.1. The van der Waals surface area contributed by atoms with Crippen molar-refractivity contribution in [1.29, 1.82) is 0 Å². The quantitative estimate of drug-likeness (QED) is 0.301. The lowest BCUT2D eigenvalue weighted by molar-refractivity contribution is -0.137. The molecular formula is C21H14F5N5O. The van der Waals surface area contributed by atoms with Gasteiger partial charge in [-0.3, -0.25) is 5.10 Å². The number of H-pyrrole nitrogens is 1. The highest BCUT2D eigenvalue weighted by Crippen LogP contribution is 2.34. The normalized spacial score (nSPS) is 11.5. The lowest BCUT2D eigenvalue weighted by Crippen LogP contribution is -2.20. The van der Waals surface area contributed by atoms with E-state index in [4.69, 9.17) is 5.73 Å². The Kier molecular flexibility index (Phi) is 5.17. The summed E-state index contributed by atoms with van der Waals surface area (Å²) in [7, 11) is 0. The van der Waals surface area contributed by atoms with Crippen molar-refractivity contribution in [2.45, 2.75) is 6.18 Å². The summed E-state index contributed by atoms with van der Waals surface area (Å²) < 4.78 is 66.1. The molecule has 0 aliphatic heterocycles. The van der Waals surface area contributed by atoms with Gasteiger partial charge in [0.2, 0.25) is 0 Å². The molecule has 164 valence electrons. The summed E-state index contributed by atoms with van der Waals surface area (Å²) in [5.74, 6) is -1.40. The third kappa shape index (κ3) is 4.04. The molecule has 4 rings (SSSR count). The monoisotopic (exact) mass is 447 g/mol. The van der Waals surface area contributed by atoms with Gasteiger partial charge in [-0.2, -0.15) is 18.3 Å². The van der Waals surface area contributed by atoms with Gasteiger partial charge < -0.3 is 16.4 Å². The number of benzene rings is 3. The zero-order chi connectivity index (χ0) is 23.0. The average molecular weight is 447 g/mol. The molecule has 0 aliphatic rings. The first-order valence-electron chi connectivity index (χ1n) is 9.11. The van der Waals surface area contributed by atoms with Gasteiger partial charge in [-0.25, -0.2) is 13.6 Å². The molecule has 0 spiro atoms. The number of nitrogens with two attached hydrogens (primary N) is 1. The number of alkyl halides is 3. The molecule has 11 heteroatoms. The van der Waals surface area contributed by atoms with E-state index in [0.717, 1.165) is 0 Å². The van der Waals surface area contributed by atoms with E-state index in [1.54, 1.807) is 12.1 Å². The third-order valence-corrected chi connectivity index (χ3v) is 4.69. The molecule has 0 atom stereocenters. The molecule has 4 aromatic rings. The van der Waals surface area contributed by atoms with Crippen molar-refractivity contribution < 1.29 is 26.7 Å². The van der Waals surface area contributed by atoms with Crippen LogP contribution in [-0.2, 0) is 6.18 Å². The molecular weight excluding hydrogens is 433 g/mol. The number of carbonyl (C=O) groups is 1. The summed E-state index contributed by atoms with van der Waals surface area (Å²) in [5.41, 5.74) is 5.82. The SMILES string of the molecule is Nc1n[nH]c2c(F)ccc(-c3ccc(NC(=O)Nc4cc(C(F)(F)F)ccc4F)cc3)c12. The van der Waals surface area contributed by atoms with Gasteiger partial charge in [0.05, 0.1) is 16.6 Å². The molecule has 2 amide bonds. The van der Waals surface area contributed by atoms with Crippen molar-refractivity contribution >= 4 is 34.1 Å². The number of hydrogen-bond acceptors (Lipinski definition) is 3. The van der Waals surface area contributed by atoms with Crippen LogP contribution >= 0.6 is 0 Å². The van der Waals surface area contributed by atoms with E-state index >= 15 is 0 Å². The van der Waals surface area contributed by atoms with E-state index < -0.39 is 35.1 Å². The molecule has 6 nitrogen and oxygen atoms in total. The number of halogens is 5. The Morgan fingerprint density at radius 1 is 0.938 bits per heavy atom. The number of nitrogen functional groups attached to an aromatic ring is 1. The topological polar surface area (TPSA) is 95.8 Å². The van der Waals surface area contributed by atoms with Crippen LogP contribution in [0.25, 0.3) is 22.0 Å². The number of urea groups is 1. The lowest BCUT2D eigenvalue weighted by Gasteiger charge is -2.12. The summed E-state index contributed by atoms with van der Waals surface area (Å²) in [4.78, 5) is 12.1. The standard InChI is InChI=1S/C21H14F5N5O/c22-14-7-3-11(21(24,25)26)9-16(14)29-20(32)28-12-4-1-10(2-5-12)13-6-8-15(23)18-17(13)19(27)31-30-18/h1-9H,(H3,27,30,31)(H2,28,29,32). The maximum Gasteiger partial charge on any atom is 0.416 e. The Morgan fingerprint density at radius 3 is 2.31 bits per heavy atom. The molecule has 0 saturated heterocycles. The van der Waals surface area contributed by atoms with Crippen molar-refractivity contribution in [3.63, 3.8) is 0 Å². The predicted octanol–water partition coefficient (Wildman–Crippen LogP) is 5.75. The molecule has 0 aliphatic carbocycles. The number of fused-ring (bicyclic) bond motifs is 1. The van der Waals surface area contributed by atoms with Crippen LogP contribution in [0.3, 0.4) is 0 Å². The predicted molar refractivity (Wildman–Crippen MR) is 110 cm³/mol. The second-order valence-electron chi connectivity index (χ2n) is 6.80. The smallest absolute Gasteiger partial charge is 0.382 e. The molecule has 5 N–H and O–H groups in total. The fraction of sp³-hybridized carbons (Fsp3) is 0.0476. The van der Waals surface area contributed by atoms with Crippen LogP contribution < -0.4 is 16.4 Å². The van der Waals surface area contributed by atoms with Crippen LogP contribution in [0, 0.1) is 11.6 Å². The van der Waals surface area contributed by atoms with E-state index in [0.29, 0.717) is 34.7 Å². The van der Waals surface area contributed by atoms with E-state index in [1.165, 1.54) is 24.3 Å². The van der Waals surface area contributed by atoms with Gasteiger partial charge >= 0.3 is 12.2 Å². The zero-order valence-corrected chi connectivity index (χ0v) is 16.0. The fourth-order valence-electron chi connectivity index (χ4n) is 3.18. The highest BCUT2D eigenvalue weighted by atomic mass is 19.4. The molecule has 0 bridgehead atoms. The molecule has 0 unspecified atom stereocenters. The average Bonchev–Trinajstić information content (AvgIpc) is 3.12. The number of hydrogen-bond donors (Lipinski definition) is 4. The highest BCUT2D eigenvalue weighted by Gasteiger charge is 2.31. The Labute approximate surface area is 177 Å². The van der Waals surface area contributed by atoms with Crippen LogP contribution in [0.2, 0.25) is 0 Å². The summed E-state index contributed by atoms with van der Waals surface area (Å²) in [5, 5.41) is 11.2. The minimum atomic E-state index is -4.68. The van der Waals surface area contributed by atoms with Crippen LogP contribution in [0.15, 0.2) is 54.6 Å². The number of aromatic nitrogens is 2. The maximum absolute atomic E-state index is 13.9. The molecule has 32 heavy (non-hydrogen) atoms. The molecule has 1 heterocycles. The Morgan fingerprint density at radius 2 is 1.62 bits per heavy atom. The lowest BCUT2D eigenvalue weighted by atomic mass is 10.0.